The summed E-state index contributed by atoms with van der Waals surface area (Å²) < 4.78 is 39.3. The molecule has 3 aromatic rings. The number of amides is 1. The molecule has 0 fully saturated rings. The molecule has 3 aromatic carbocycles. The third-order valence-electron chi connectivity index (χ3n) is 5.67. The Morgan fingerprint density at radius 1 is 0.972 bits per heavy atom. The minimum atomic E-state index is -3.98. The number of carbonyl (C=O) groups is 1. The van der Waals surface area contributed by atoms with Crippen molar-refractivity contribution >= 4 is 21.6 Å². The number of benzene rings is 3. The number of aryl methyl sites for hydroxylation is 2. The quantitative estimate of drug-likeness (QED) is 0.336. The molecular weight excluding hydrogens is 476 g/mol. The third-order valence-corrected chi connectivity index (χ3v) is 7.43. The molecule has 8 heteroatoms. The maximum Gasteiger partial charge on any atom is 0.264 e. The van der Waals surface area contributed by atoms with Gasteiger partial charge in [0.1, 0.15) is 18.0 Å². The average molecular weight is 511 g/mol. The van der Waals surface area contributed by atoms with Crippen molar-refractivity contribution in [2.24, 2.45) is 0 Å². The van der Waals surface area contributed by atoms with Crippen molar-refractivity contribution in [3.63, 3.8) is 0 Å². The average Bonchev–Trinajstić information content (AvgIpc) is 2.89. The number of ether oxygens (including phenoxy) is 2. The van der Waals surface area contributed by atoms with Gasteiger partial charge in [0.05, 0.1) is 24.3 Å². The van der Waals surface area contributed by atoms with Gasteiger partial charge in [-0.1, -0.05) is 43.3 Å². The van der Waals surface area contributed by atoms with Gasteiger partial charge in [0.15, 0.2) is 0 Å². The molecular formula is C28H34N2O5S. The van der Waals surface area contributed by atoms with Gasteiger partial charge in [-0.15, -0.1) is 0 Å². The topological polar surface area (TPSA) is 84.9 Å². The monoisotopic (exact) mass is 510 g/mol. The predicted molar refractivity (Wildman–Crippen MR) is 142 cm³/mol. The standard InChI is InChI=1S/C28H34N2O5S/c1-4-19-35-27-15-9-8-11-23(27)12-10-18-29-28(31)21-30(24-13-6-5-7-14-24)36(32,33)25-16-17-26(34-3)22(2)20-25/h5-9,11,13-17,20H,4,10,12,18-19,21H2,1-3H3,(H,29,31). The molecule has 36 heavy (non-hydrogen) atoms. The number of para-hydroxylation sites is 2. The van der Waals surface area contributed by atoms with E-state index < -0.39 is 10.0 Å². The molecule has 0 aliphatic rings. The van der Waals surface area contributed by atoms with Crippen LogP contribution < -0.4 is 19.1 Å². The van der Waals surface area contributed by atoms with Crippen molar-refractivity contribution in [3.8, 4) is 11.5 Å². The number of sulfonamides is 1. The highest BCUT2D eigenvalue weighted by atomic mass is 32.2. The number of rotatable bonds is 13. The van der Waals surface area contributed by atoms with E-state index in [0.29, 0.717) is 36.6 Å². The molecule has 0 saturated carbocycles. The van der Waals surface area contributed by atoms with E-state index in [1.54, 1.807) is 49.4 Å². The lowest BCUT2D eigenvalue weighted by atomic mass is 10.1. The molecule has 0 bridgehead atoms. The summed E-state index contributed by atoms with van der Waals surface area (Å²) in [7, 11) is -2.45. The number of anilines is 1. The summed E-state index contributed by atoms with van der Waals surface area (Å²) in [4.78, 5) is 12.9. The highest BCUT2D eigenvalue weighted by Gasteiger charge is 2.27. The van der Waals surface area contributed by atoms with E-state index in [4.69, 9.17) is 9.47 Å². The summed E-state index contributed by atoms with van der Waals surface area (Å²) in [5, 5.41) is 2.86. The minimum absolute atomic E-state index is 0.0983. The summed E-state index contributed by atoms with van der Waals surface area (Å²) >= 11 is 0. The second kappa shape index (κ2) is 13.0. The van der Waals surface area contributed by atoms with Crippen LogP contribution in [-0.2, 0) is 21.2 Å². The first-order valence-corrected chi connectivity index (χ1v) is 13.5. The van der Waals surface area contributed by atoms with Crippen LogP contribution >= 0.6 is 0 Å². The van der Waals surface area contributed by atoms with Crippen molar-refractivity contribution in [2.45, 2.75) is 38.0 Å². The van der Waals surface area contributed by atoms with Crippen LogP contribution in [0.4, 0.5) is 5.69 Å². The number of nitrogens with zero attached hydrogens (tertiary/aromatic N) is 1. The van der Waals surface area contributed by atoms with Crippen LogP contribution in [0.2, 0.25) is 0 Å². The van der Waals surface area contributed by atoms with Crippen LogP contribution in [0.5, 0.6) is 11.5 Å². The van der Waals surface area contributed by atoms with Crippen LogP contribution in [0, 0.1) is 6.92 Å². The van der Waals surface area contributed by atoms with Crippen molar-refractivity contribution in [2.75, 3.05) is 31.1 Å². The van der Waals surface area contributed by atoms with Gasteiger partial charge in [-0.3, -0.25) is 9.10 Å². The van der Waals surface area contributed by atoms with Gasteiger partial charge in [-0.25, -0.2) is 8.42 Å². The van der Waals surface area contributed by atoms with E-state index in [1.807, 2.05) is 24.3 Å². The van der Waals surface area contributed by atoms with Crippen LogP contribution in [0.3, 0.4) is 0 Å². The van der Waals surface area contributed by atoms with E-state index >= 15 is 0 Å². The zero-order valence-electron chi connectivity index (χ0n) is 21.1. The molecule has 3 rings (SSSR count). The third kappa shape index (κ3) is 7.01. The highest BCUT2D eigenvalue weighted by molar-refractivity contribution is 7.92. The Kier molecular flexibility index (Phi) is 9.76. The highest BCUT2D eigenvalue weighted by Crippen LogP contribution is 2.27. The summed E-state index contributed by atoms with van der Waals surface area (Å²) in [5.41, 5.74) is 2.20. The first-order chi connectivity index (χ1) is 17.4. The van der Waals surface area contributed by atoms with Gasteiger partial charge in [0.2, 0.25) is 5.91 Å². The molecule has 1 N–H and O–H groups in total. The molecule has 0 heterocycles. The van der Waals surface area contributed by atoms with E-state index in [-0.39, 0.29) is 17.3 Å². The summed E-state index contributed by atoms with van der Waals surface area (Å²) in [6, 6.07) is 21.2. The SMILES string of the molecule is CCCOc1ccccc1CCCNC(=O)CN(c1ccccc1)S(=O)(=O)c1ccc(OC)c(C)c1. The Morgan fingerprint density at radius 3 is 2.39 bits per heavy atom. The molecule has 0 aliphatic carbocycles. The molecule has 0 unspecified atom stereocenters. The van der Waals surface area contributed by atoms with Crippen molar-refractivity contribution in [1.29, 1.82) is 0 Å². The maximum absolute atomic E-state index is 13.6. The molecule has 0 atom stereocenters. The smallest absolute Gasteiger partial charge is 0.264 e. The van der Waals surface area contributed by atoms with Crippen molar-refractivity contribution in [3.05, 3.63) is 83.9 Å². The second-order valence-electron chi connectivity index (χ2n) is 8.39. The Morgan fingerprint density at radius 2 is 1.69 bits per heavy atom. The van der Waals surface area contributed by atoms with Crippen LogP contribution in [0.25, 0.3) is 0 Å². The molecule has 0 spiro atoms. The zero-order chi connectivity index (χ0) is 26.0. The number of methoxy groups -OCH3 is 1. The molecule has 0 radical (unpaired) electrons. The summed E-state index contributed by atoms with van der Waals surface area (Å²) in [6.45, 7) is 4.60. The van der Waals surface area contributed by atoms with Gasteiger partial charge >= 0.3 is 0 Å². The van der Waals surface area contributed by atoms with Gasteiger partial charge in [0.25, 0.3) is 10.0 Å². The van der Waals surface area contributed by atoms with Crippen LogP contribution in [0.15, 0.2) is 77.7 Å². The van der Waals surface area contributed by atoms with Gasteiger partial charge < -0.3 is 14.8 Å². The second-order valence-corrected chi connectivity index (χ2v) is 10.3. The van der Waals surface area contributed by atoms with Gasteiger partial charge in [0, 0.05) is 6.54 Å². The summed E-state index contributed by atoms with van der Waals surface area (Å²) in [5.74, 6) is 1.09. The molecule has 0 saturated heterocycles. The Balaban J connectivity index is 1.68. The maximum atomic E-state index is 13.6. The van der Waals surface area contributed by atoms with E-state index in [1.165, 1.54) is 13.2 Å². The number of carbonyl (C=O) groups excluding carboxylic acids is 1. The molecule has 1 amide bonds. The van der Waals surface area contributed by atoms with Gasteiger partial charge in [-0.05, 0) is 73.7 Å². The number of hydrogen-bond acceptors (Lipinski definition) is 5. The Hall–Kier alpha value is -3.52. The first-order valence-electron chi connectivity index (χ1n) is 12.1. The van der Waals surface area contributed by atoms with Crippen molar-refractivity contribution in [1.82, 2.24) is 5.32 Å². The molecule has 0 aromatic heterocycles. The van der Waals surface area contributed by atoms with E-state index in [0.717, 1.165) is 28.5 Å². The molecule has 7 nitrogen and oxygen atoms in total. The lowest BCUT2D eigenvalue weighted by Gasteiger charge is -2.24. The fourth-order valence-electron chi connectivity index (χ4n) is 3.80. The summed E-state index contributed by atoms with van der Waals surface area (Å²) in [6.07, 6.45) is 2.38. The van der Waals surface area contributed by atoms with Crippen LogP contribution in [0.1, 0.15) is 30.9 Å². The molecule has 0 aliphatic heterocycles. The lowest BCUT2D eigenvalue weighted by molar-refractivity contribution is -0.119. The first kappa shape index (κ1) is 27.1. The largest absolute Gasteiger partial charge is 0.496 e. The fourth-order valence-corrected chi connectivity index (χ4v) is 5.31. The van der Waals surface area contributed by atoms with Crippen LogP contribution in [-0.4, -0.2) is 41.1 Å². The number of hydrogen-bond donors (Lipinski definition) is 1. The van der Waals surface area contributed by atoms with Gasteiger partial charge in [-0.2, -0.15) is 0 Å². The lowest BCUT2D eigenvalue weighted by Crippen LogP contribution is -2.41. The van der Waals surface area contributed by atoms with E-state index in [9.17, 15) is 13.2 Å². The normalized spacial score (nSPS) is 11.1. The number of nitrogens with one attached hydrogen (secondary N) is 1. The Labute approximate surface area is 214 Å². The predicted octanol–water partition coefficient (Wildman–Crippen LogP) is 4.74. The van der Waals surface area contributed by atoms with E-state index in [2.05, 4.69) is 12.2 Å². The Bertz CT molecular complexity index is 1250. The fraction of sp³-hybridized carbons (Fsp3) is 0.321. The molecule has 192 valence electrons. The zero-order valence-corrected chi connectivity index (χ0v) is 21.9. The minimum Gasteiger partial charge on any atom is -0.496 e. The van der Waals surface area contributed by atoms with Crippen molar-refractivity contribution < 1.29 is 22.7 Å².